The van der Waals surface area contributed by atoms with E-state index in [1.54, 1.807) is 5.57 Å². The number of carbonyl (C=O) groups excluding carboxylic acids is 1. The Labute approximate surface area is 179 Å². The van der Waals surface area contributed by atoms with Crippen LogP contribution in [0.15, 0.2) is 36.0 Å². The molecule has 0 heterocycles. The van der Waals surface area contributed by atoms with Gasteiger partial charge in [0.15, 0.2) is 5.78 Å². The van der Waals surface area contributed by atoms with Crippen molar-refractivity contribution in [2.45, 2.75) is 91.9 Å². The topological polar surface area (TPSA) is 17.1 Å². The average Bonchev–Trinajstić information content (AvgIpc) is 3.05. The molecule has 1 nitrogen and oxygen atoms in total. The fraction of sp³-hybridized carbons (Fsp3) is 0.750. The third-order valence-corrected chi connectivity index (χ3v) is 9.88. The van der Waals surface area contributed by atoms with E-state index in [4.69, 9.17) is 0 Å². The second-order valence-electron chi connectivity index (χ2n) is 11.4. The summed E-state index contributed by atoms with van der Waals surface area (Å²) in [6.07, 6.45) is 19.1. The molecule has 0 bridgehead atoms. The molecule has 0 aromatic carbocycles. The minimum Gasteiger partial charge on any atom is -0.295 e. The van der Waals surface area contributed by atoms with E-state index in [9.17, 15) is 4.79 Å². The SMILES string of the molecule is C=CC(C)CCCC(C)[C@H]1CCC2C3=CCC4=CC(=O)CC[C@]4(C)C3CC[C@@]21C. The van der Waals surface area contributed by atoms with Gasteiger partial charge in [0, 0.05) is 6.42 Å². The summed E-state index contributed by atoms with van der Waals surface area (Å²) in [6, 6.07) is 0. The molecule has 0 saturated heterocycles. The zero-order chi connectivity index (χ0) is 20.8. The molecule has 0 aromatic heterocycles. The minimum absolute atomic E-state index is 0.254. The van der Waals surface area contributed by atoms with E-state index < -0.39 is 0 Å². The summed E-state index contributed by atoms with van der Waals surface area (Å²) in [5.74, 6) is 4.21. The highest BCUT2D eigenvalue weighted by Gasteiger charge is 2.56. The van der Waals surface area contributed by atoms with E-state index in [0.29, 0.717) is 23.0 Å². The molecule has 0 spiro atoms. The second-order valence-corrected chi connectivity index (χ2v) is 11.4. The van der Waals surface area contributed by atoms with Crippen molar-refractivity contribution in [1.82, 2.24) is 0 Å². The van der Waals surface area contributed by atoms with Crippen LogP contribution in [0.5, 0.6) is 0 Å². The van der Waals surface area contributed by atoms with Gasteiger partial charge in [-0.1, -0.05) is 63.8 Å². The zero-order valence-electron chi connectivity index (χ0n) is 19.3. The van der Waals surface area contributed by atoms with Crippen molar-refractivity contribution in [2.75, 3.05) is 0 Å². The maximum Gasteiger partial charge on any atom is 0.155 e. The molecule has 2 fully saturated rings. The quantitative estimate of drug-likeness (QED) is 0.422. The van der Waals surface area contributed by atoms with Crippen molar-refractivity contribution in [2.24, 2.45) is 40.4 Å². The molecule has 0 amide bonds. The Morgan fingerprint density at radius 2 is 1.93 bits per heavy atom. The van der Waals surface area contributed by atoms with Gasteiger partial charge in [0.05, 0.1) is 0 Å². The normalized spacial score (nSPS) is 40.8. The molecular formula is C28H42O. The first-order chi connectivity index (χ1) is 13.8. The van der Waals surface area contributed by atoms with Crippen LogP contribution in [0.25, 0.3) is 0 Å². The molecule has 7 atom stereocenters. The van der Waals surface area contributed by atoms with Crippen LogP contribution in [-0.4, -0.2) is 5.78 Å². The van der Waals surface area contributed by atoms with Crippen molar-refractivity contribution in [3.63, 3.8) is 0 Å². The molecule has 0 aromatic rings. The van der Waals surface area contributed by atoms with Crippen molar-refractivity contribution < 1.29 is 4.79 Å². The van der Waals surface area contributed by atoms with Gasteiger partial charge in [-0.25, -0.2) is 0 Å². The van der Waals surface area contributed by atoms with E-state index >= 15 is 0 Å². The Balaban J connectivity index is 1.50. The lowest BCUT2D eigenvalue weighted by Gasteiger charge is -2.55. The fourth-order valence-corrected chi connectivity index (χ4v) is 7.91. The monoisotopic (exact) mass is 394 g/mol. The van der Waals surface area contributed by atoms with Crippen LogP contribution in [0.3, 0.4) is 0 Å². The van der Waals surface area contributed by atoms with Crippen LogP contribution < -0.4 is 0 Å². The maximum atomic E-state index is 12.0. The minimum atomic E-state index is 0.254. The van der Waals surface area contributed by atoms with Gasteiger partial charge in [0.25, 0.3) is 0 Å². The average molecular weight is 395 g/mol. The first-order valence-corrected chi connectivity index (χ1v) is 12.4. The van der Waals surface area contributed by atoms with Crippen molar-refractivity contribution in [3.8, 4) is 0 Å². The van der Waals surface area contributed by atoms with Gasteiger partial charge in [0.2, 0.25) is 0 Å². The first kappa shape index (κ1) is 21.1. The molecule has 1 heteroatoms. The third kappa shape index (κ3) is 3.51. The van der Waals surface area contributed by atoms with E-state index in [2.05, 4.69) is 46.4 Å². The van der Waals surface area contributed by atoms with Crippen LogP contribution in [0.2, 0.25) is 0 Å². The summed E-state index contributed by atoms with van der Waals surface area (Å²) in [5, 5.41) is 0. The molecule has 2 saturated carbocycles. The van der Waals surface area contributed by atoms with Crippen LogP contribution in [0.4, 0.5) is 0 Å². The number of rotatable bonds is 6. The molecular weight excluding hydrogens is 352 g/mol. The van der Waals surface area contributed by atoms with Crippen LogP contribution in [0.1, 0.15) is 91.9 Å². The third-order valence-electron chi connectivity index (χ3n) is 9.88. The Bertz CT molecular complexity index is 727. The standard InChI is InChI=1S/C28H42O/c1-6-19(2)8-7-9-20(3)24-12-13-25-23-11-10-21-18-22(29)14-16-27(21,4)26(23)15-17-28(24,25)5/h6,11,18-20,24-26H,1,7-10,12-17H2,2-5H3/t19?,20?,24-,25?,26?,27+,28-/m1/s1. The Hall–Kier alpha value is -1.11. The molecule has 4 rings (SSSR count). The molecule has 0 N–H and O–H groups in total. The van der Waals surface area contributed by atoms with E-state index in [1.807, 2.05) is 6.08 Å². The van der Waals surface area contributed by atoms with Gasteiger partial charge >= 0.3 is 0 Å². The fourth-order valence-electron chi connectivity index (χ4n) is 7.91. The van der Waals surface area contributed by atoms with Gasteiger partial charge in [-0.15, -0.1) is 6.58 Å². The Morgan fingerprint density at radius 1 is 1.14 bits per heavy atom. The van der Waals surface area contributed by atoms with Crippen molar-refractivity contribution in [1.29, 1.82) is 0 Å². The highest BCUT2D eigenvalue weighted by molar-refractivity contribution is 5.91. The van der Waals surface area contributed by atoms with E-state index in [1.165, 1.54) is 50.5 Å². The van der Waals surface area contributed by atoms with Crippen molar-refractivity contribution >= 4 is 5.78 Å². The maximum absolute atomic E-state index is 12.0. The number of allylic oxidation sites excluding steroid dienone is 5. The molecule has 160 valence electrons. The highest BCUT2D eigenvalue weighted by Crippen LogP contribution is 2.66. The lowest BCUT2D eigenvalue weighted by atomic mass is 9.50. The molecule has 0 aliphatic heterocycles. The number of ketones is 1. The van der Waals surface area contributed by atoms with E-state index in [0.717, 1.165) is 37.0 Å². The largest absolute Gasteiger partial charge is 0.295 e. The number of hydrogen-bond acceptors (Lipinski definition) is 1. The smallest absolute Gasteiger partial charge is 0.155 e. The van der Waals surface area contributed by atoms with Crippen molar-refractivity contribution in [3.05, 3.63) is 36.0 Å². The molecule has 29 heavy (non-hydrogen) atoms. The van der Waals surface area contributed by atoms with Crippen LogP contribution >= 0.6 is 0 Å². The summed E-state index contributed by atoms with van der Waals surface area (Å²) in [5.41, 5.74) is 3.98. The van der Waals surface area contributed by atoms with Gasteiger partial charge < -0.3 is 0 Å². The lowest BCUT2D eigenvalue weighted by molar-refractivity contribution is -0.116. The molecule has 4 unspecified atom stereocenters. The number of carbonyl (C=O) groups is 1. The summed E-state index contributed by atoms with van der Waals surface area (Å²) in [6.45, 7) is 13.9. The molecule has 4 aliphatic rings. The van der Waals surface area contributed by atoms with E-state index in [-0.39, 0.29) is 5.41 Å². The van der Waals surface area contributed by atoms with Gasteiger partial charge in [0.1, 0.15) is 0 Å². The lowest BCUT2D eigenvalue weighted by Crippen LogP contribution is -2.46. The predicted molar refractivity (Wildman–Crippen MR) is 123 cm³/mol. The Kier molecular flexibility index (Phi) is 5.73. The molecule has 0 radical (unpaired) electrons. The highest BCUT2D eigenvalue weighted by atomic mass is 16.1. The summed E-state index contributed by atoms with van der Waals surface area (Å²) >= 11 is 0. The summed E-state index contributed by atoms with van der Waals surface area (Å²) < 4.78 is 0. The van der Waals surface area contributed by atoms with Crippen LogP contribution in [0, 0.1) is 40.4 Å². The van der Waals surface area contributed by atoms with Gasteiger partial charge in [-0.05, 0) is 91.4 Å². The summed E-state index contributed by atoms with van der Waals surface area (Å²) in [4.78, 5) is 12.0. The first-order valence-electron chi connectivity index (χ1n) is 12.4. The Morgan fingerprint density at radius 3 is 2.69 bits per heavy atom. The second kappa shape index (κ2) is 7.86. The van der Waals surface area contributed by atoms with Gasteiger partial charge in [-0.3, -0.25) is 4.79 Å². The molecule has 4 aliphatic carbocycles. The van der Waals surface area contributed by atoms with Crippen LogP contribution in [-0.2, 0) is 4.79 Å². The number of fused-ring (bicyclic) bond motifs is 5. The summed E-state index contributed by atoms with van der Waals surface area (Å²) in [7, 11) is 0. The number of hydrogen-bond donors (Lipinski definition) is 0. The van der Waals surface area contributed by atoms with Gasteiger partial charge in [-0.2, -0.15) is 0 Å². The predicted octanol–water partition coefficient (Wildman–Crippen LogP) is 7.68. The zero-order valence-corrected chi connectivity index (χ0v) is 19.3.